The lowest BCUT2D eigenvalue weighted by molar-refractivity contribution is 1.08. The lowest BCUT2D eigenvalue weighted by atomic mass is 10.0. The molecule has 10 rings (SSSR count). The predicted octanol–water partition coefficient (Wildman–Crippen LogP) is 11.7. The molecule has 50 heavy (non-hydrogen) atoms. The first-order valence-corrected chi connectivity index (χ1v) is 16.9. The second kappa shape index (κ2) is 11.4. The van der Waals surface area contributed by atoms with Crippen molar-refractivity contribution in [3.8, 4) is 45.3 Å². The smallest absolute Gasteiger partial charge is 0.138 e. The number of pyridine rings is 2. The highest BCUT2D eigenvalue weighted by atomic mass is 15.1. The van der Waals surface area contributed by atoms with Gasteiger partial charge in [-0.25, -0.2) is 9.97 Å². The van der Waals surface area contributed by atoms with Crippen molar-refractivity contribution >= 4 is 43.6 Å². The van der Waals surface area contributed by atoms with Crippen LogP contribution < -0.4 is 0 Å². The van der Waals surface area contributed by atoms with Crippen molar-refractivity contribution in [1.82, 2.24) is 19.1 Å². The van der Waals surface area contributed by atoms with E-state index in [1.807, 2.05) is 6.07 Å². The van der Waals surface area contributed by atoms with Gasteiger partial charge in [0, 0.05) is 32.8 Å². The fraction of sp³-hybridized carbons (Fsp3) is 0. The van der Waals surface area contributed by atoms with E-state index in [4.69, 9.17) is 9.97 Å². The van der Waals surface area contributed by atoms with E-state index < -0.39 is 0 Å². The minimum atomic E-state index is 0.822. The molecule has 4 heteroatoms. The lowest BCUT2D eigenvalue weighted by Gasteiger charge is -2.12. The first-order valence-electron chi connectivity index (χ1n) is 16.9. The average molecular weight is 639 g/mol. The van der Waals surface area contributed by atoms with Gasteiger partial charge < -0.3 is 4.57 Å². The summed E-state index contributed by atoms with van der Waals surface area (Å²) in [4.78, 5) is 10.6. The first-order chi connectivity index (χ1) is 24.8. The predicted molar refractivity (Wildman–Crippen MR) is 207 cm³/mol. The van der Waals surface area contributed by atoms with Gasteiger partial charge in [-0.2, -0.15) is 0 Å². The molecule has 4 heterocycles. The van der Waals surface area contributed by atoms with Gasteiger partial charge in [0.25, 0.3) is 0 Å². The van der Waals surface area contributed by atoms with E-state index in [2.05, 4.69) is 185 Å². The van der Waals surface area contributed by atoms with Crippen molar-refractivity contribution < 1.29 is 0 Å². The second-order valence-electron chi connectivity index (χ2n) is 12.6. The molecular formula is C46H30N4. The second-order valence-corrected chi connectivity index (χ2v) is 12.6. The SMILES string of the molecule is c1ccc(-c2cc(-c3ccccc3)nc(-c3cccc(-n4c5ccccc5c5ccc6c(c7ccccc7n6-c6ccccc6)c54)n3)c2)cc1. The van der Waals surface area contributed by atoms with E-state index in [1.165, 1.54) is 27.1 Å². The normalized spacial score (nSPS) is 11.6. The molecule has 0 aliphatic rings. The van der Waals surface area contributed by atoms with E-state index in [1.54, 1.807) is 0 Å². The largest absolute Gasteiger partial charge is 0.309 e. The summed E-state index contributed by atoms with van der Waals surface area (Å²) in [6.45, 7) is 0. The van der Waals surface area contributed by atoms with Gasteiger partial charge in [0.15, 0.2) is 0 Å². The number of hydrogen-bond donors (Lipinski definition) is 0. The quantitative estimate of drug-likeness (QED) is 0.188. The van der Waals surface area contributed by atoms with Crippen molar-refractivity contribution in [3.63, 3.8) is 0 Å². The molecule has 0 saturated heterocycles. The van der Waals surface area contributed by atoms with Crippen molar-refractivity contribution in [3.05, 3.63) is 182 Å². The van der Waals surface area contributed by atoms with Crippen LogP contribution in [-0.2, 0) is 0 Å². The molecule has 0 amide bonds. The van der Waals surface area contributed by atoms with Crippen LogP contribution in [-0.4, -0.2) is 19.1 Å². The fourth-order valence-electron chi connectivity index (χ4n) is 7.51. The number of nitrogens with zero attached hydrogens (tertiary/aromatic N) is 4. The maximum absolute atomic E-state index is 5.40. The molecular weight excluding hydrogens is 609 g/mol. The molecule has 0 N–H and O–H groups in total. The Hall–Kier alpha value is -6.78. The summed E-state index contributed by atoms with van der Waals surface area (Å²) >= 11 is 0. The van der Waals surface area contributed by atoms with Crippen LogP contribution in [0.3, 0.4) is 0 Å². The van der Waals surface area contributed by atoms with Gasteiger partial charge in [-0.05, 0) is 65.7 Å². The number of benzene rings is 6. The van der Waals surface area contributed by atoms with Crippen LogP contribution in [0.5, 0.6) is 0 Å². The van der Waals surface area contributed by atoms with Gasteiger partial charge in [0.1, 0.15) is 5.82 Å². The monoisotopic (exact) mass is 638 g/mol. The summed E-state index contributed by atoms with van der Waals surface area (Å²) in [6.07, 6.45) is 0. The van der Waals surface area contributed by atoms with Crippen molar-refractivity contribution in [2.45, 2.75) is 0 Å². The Morgan fingerprint density at radius 3 is 1.72 bits per heavy atom. The van der Waals surface area contributed by atoms with Crippen LogP contribution in [0.1, 0.15) is 0 Å². The fourth-order valence-corrected chi connectivity index (χ4v) is 7.51. The van der Waals surface area contributed by atoms with Crippen molar-refractivity contribution in [1.29, 1.82) is 0 Å². The van der Waals surface area contributed by atoms with Gasteiger partial charge in [0.2, 0.25) is 0 Å². The van der Waals surface area contributed by atoms with Gasteiger partial charge in [-0.15, -0.1) is 0 Å². The minimum absolute atomic E-state index is 0.822. The molecule has 6 aromatic carbocycles. The van der Waals surface area contributed by atoms with Gasteiger partial charge in [-0.3, -0.25) is 4.57 Å². The Morgan fingerprint density at radius 1 is 0.340 bits per heavy atom. The maximum Gasteiger partial charge on any atom is 0.138 e. The Balaban J connectivity index is 1.25. The number of para-hydroxylation sites is 3. The standard InChI is InChI=1S/C46H30N4/c1-4-15-31(16-5-1)33-29-39(32-17-6-2-7-18-32)47-40(30-33)38-23-14-26-44(48-38)50-41-24-12-10-21-35(41)36-27-28-43-45(46(36)50)37-22-11-13-25-42(37)49(43)34-19-8-3-9-20-34/h1-30H. The Bertz CT molecular complexity index is 2790. The number of hydrogen-bond acceptors (Lipinski definition) is 2. The van der Waals surface area contributed by atoms with Crippen molar-refractivity contribution in [2.75, 3.05) is 0 Å². The molecule has 0 radical (unpaired) electrons. The first kappa shape index (κ1) is 28.3. The van der Waals surface area contributed by atoms with E-state index >= 15 is 0 Å². The van der Waals surface area contributed by atoms with E-state index in [0.29, 0.717) is 0 Å². The van der Waals surface area contributed by atoms with Crippen LogP contribution in [0, 0.1) is 0 Å². The van der Waals surface area contributed by atoms with E-state index in [0.717, 1.165) is 61.8 Å². The summed E-state index contributed by atoms with van der Waals surface area (Å²) in [5, 5.41) is 4.82. The summed E-state index contributed by atoms with van der Waals surface area (Å²) in [7, 11) is 0. The molecule has 0 aliphatic carbocycles. The molecule has 0 unspecified atom stereocenters. The number of aromatic nitrogens is 4. The van der Waals surface area contributed by atoms with Gasteiger partial charge >= 0.3 is 0 Å². The molecule has 0 saturated carbocycles. The lowest BCUT2D eigenvalue weighted by Crippen LogP contribution is -2.00. The number of fused-ring (bicyclic) bond motifs is 7. The van der Waals surface area contributed by atoms with Crippen LogP contribution in [0.4, 0.5) is 0 Å². The summed E-state index contributed by atoms with van der Waals surface area (Å²) < 4.78 is 4.72. The zero-order valence-corrected chi connectivity index (χ0v) is 27.1. The van der Waals surface area contributed by atoms with Crippen LogP contribution in [0.25, 0.3) is 88.9 Å². The minimum Gasteiger partial charge on any atom is -0.309 e. The molecule has 4 aromatic heterocycles. The number of rotatable bonds is 5. The molecule has 4 nitrogen and oxygen atoms in total. The third-order valence-corrected chi connectivity index (χ3v) is 9.71. The third-order valence-electron chi connectivity index (χ3n) is 9.71. The highest BCUT2D eigenvalue weighted by molar-refractivity contribution is 6.26. The Kier molecular flexibility index (Phi) is 6.46. The Labute approximate surface area is 289 Å². The van der Waals surface area contributed by atoms with Gasteiger partial charge in [0.05, 0.1) is 39.1 Å². The van der Waals surface area contributed by atoms with Crippen LogP contribution in [0.2, 0.25) is 0 Å². The van der Waals surface area contributed by atoms with Crippen LogP contribution in [0.15, 0.2) is 182 Å². The summed E-state index contributed by atoms with van der Waals surface area (Å²) in [5.74, 6) is 0.853. The van der Waals surface area contributed by atoms with Crippen molar-refractivity contribution in [2.24, 2.45) is 0 Å². The molecule has 0 bridgehead atoms. The molecule has 0 atom stereocenters. The molecule has 234 valence electrons. The topological polar surface area (TPSA) is 35.6 Å². The van der Waals surface area contributed by atoms with Gasteiger partial charge in [-0.1, -0.05) is 127 Å². The zero-order valence-electron chi connectivity index (χ0n) is 27.1. The molecule has 10 aromatic rings. The maximum atomic E-state index is 5.40. The molecule has 0 spiro atoms. The average Bonchev–Trinajstić information content (AvgIpc) is 3.72. The van der Waals surface area contributed by atoms with E-state index in [-0.39, 0.29) is 0 Å². The highest BCUT2D eigenvalue weighted by Crippen LogP contribution is 2.42. The zero-order chi connectivity index (χ0) is 33.0. The highest BCUT2D eigenvalue weighted by Gasteiger charge is 2.21. The molecule has 0 fully saturated rings. The summed E-state index contributed by atoms with van der Waals surface area (Å²) in [6, 6.07) is 64.0. The van der Waals surface area contributed by atoms with Crippen LogP contribution >= 0.6 is 0 Å². The molecule has 0 aliphatic heterocycles. The summed E-state index contributed by atoms with van der Waals surface area (Å²) in [5.41, 5.74) is 11.6. The Morgan fingerprint density at radius 2 is 0.960 bits per heavy atom. The van der Waals surface area contributed by atoms with E-state index in [9.17, 15) is 0 Å². The third kappa shape index (κ3) is 4.46.